The summed E-state index contributed by atoms with van der Waals surface area (Å²) in [6.07, 6.45) is 1.71. The lowest BCUT2D eigenvalue weighted by molar-refractivity contribution is -0.140. The number of para-hydroxylation sites is 1. The Bertz CT molecular complexity index is 1200. The molecule has 1 unspecified atom stereocenters. The number of hydrogen-bond donors (Lipinski definition) is 1. The third-order valence-corrected chi connectivity index (χ3v) is 7.06. The van der Waals surface area contributed by atoms with Gasteiger partial charge in [-0.3, -0.25) is 9.59 Å². The highest BCUT2D eigenvalue weighted by Gasteiger charge is 2.37. The van der Waals surface area contributed by atoms with Gasteiger partial charge in [-0.15, -0.1) is 11.3 Å². The van der Waals surface area contributed by atoms with E-state index in [2.05, 4.69) is 5.32 Å². The number of nitrogens with one attached hydrogen (secondary N) is 1. The molecule has 4 rings (SSSR count). The van der Waals surface area contributed by atoms with Crippen LogP contribution in [0, 0.1) is 5.41 Å². The minimum Gasteiger partial charge on any atom is -0.496 e. The van der Waals surface area contributed by atoms with Crippen molar-refractivity contribution >= 4 is 40.6 Å². The van der Waals surface area contributed by atoms with Gasteiger partial charge in [-0.2, -0.15) is 9.78 Å². The van der Waals surface area contributed by atoms with Crippen molar-refractivity contribution < 1.29 is 14.3 Å². The Labute approximate surface area is 208 Å². The maximum atomic E-state index is 13.5. The quantitative estimate of drug-likeness (QED) is 0.475. The van der Waals surface area contributed by atoms with E-state index >= 15 is 0 Å². The topological polar surface area (TPSA) is 76.5 Å². The maximum absolute atomic E-state index is 13.5. The standard InChI is InChI=1S/C25H29ClN4O3S/c1-25(2,3)24(32)29-13-7-9-19(29)18-14-22(27-15-16-11-12-21(26)34-16)30(28-18)23(31)17-8-5-6-10-20(17)33-4/h5-6,8,10-12,14,19,27H,7,9,13,15H2,1-4H3. The summed E-state index contributed by atoms with van der Waals surface area (Å²) in [5, 5.41) is 8.04. The lowest BCUT2D eigenvalue weighted by Crippen LogP contribution is -2.39. The second-order valence-corrected chi connectivity index (χ2v) is 11.1. The molecule has 9 heteroatoms. The van der Waals surface area contributed by atoms with Gasteiger partial charge in [-0.05, 0) is 37.1 Å². The summed E-state index contributed by atoms with van der Waals surface area (Å²) in [6, 6.07) is 12.6. The first-order valence-electron chi connectivity index (χ1n) is 11.3. The normalized spacial score (nSPS) is 16.0. The van der Waals surface area contributed by atoms with Gasteiger partial charge in [0.25, 0.3) is 5.91 Å². The highest BCUT2D eigenvalue weighted by Crippen LogP contribution is 2.36. The molecule has 180 valence electrons. The molecule has 0 saturated carbocycles. The fourth-order valence-electron chi connectivity index (χ4n) is 4.15. The number of halogens is 1. The van der Waals surface area contributed by atoms with Crippen LogP contribution in [0.5, 0.6) is 5.75 Å². The molecule has 1 fully saturated rings. The summed E-state index contributed by atoms with van der Waals surface area (Å²) in [4.78, 5) is 29.6. The molecule has 0 radical (unpaired) electrons. The molecule has 3 heterocycles. The number of hydrogen-bond acceptors (Lipinski definition) is 6. The second-order valence-electron chi connectivity index (χ2n) is 9.34. The Morgan fingerprint density at radius 2 is 2.00 bits per heavy atom. The van der Waals surface area contributed by atoms with Crippen LogP contribution in [-0.4, -0.2) is 40.1 Å². The zero-order valence-corrected chi connectivity index (χ0v) is 21.4. The number of likely N-dealkylation sites (tertiary alicyclic amines) is 1. The van der Waals surface area contributed by atoms with E-state index in [9.17, 15) is 9.59 Å². The van der Waals surface area contributed by atoms with Gasteiger partial charge in [0.05, 0.1) is 35.3 Å². The van der Waals surface area contributed by atoms with Crippen LogP contribution < -0.4 is 10.1 Å². The number of carbonyl (C=O) groups is 2. The summed E-state index contributed by atoms with van der Waals surface area (Å²) in [7, 11) is 1.54. The van der Waals surface area contributed by atoms with Crippen LogP contribution in [0.15, 0.2) is 42.5 Å². The van der Waals surface area contributed by atoms with Gasteiger partial charge in [0.15, 0.2) is 0 Å². The van der Waals surface area contributed by atoms with Gasteiger partial charge in [-0.25, -0.2) is 0 Å². The van der Waals surface area contributed by atoms with Gasteiger partial charge in [0.2, 0.25) is 5.91 Å². The summed E-state index contributed by atoms with van der Waals surface area (Å²) < 4.78 is 7.49. The van der Waals surface area contributed by atoms with Crippen LogP contribution >= 0.6 is 22.9 Å². The van der Waals surface area contributed by atoms with Crippen LogP contribution in [-0.2, 0) is 11.3 Å². The highest BCUT2D eigenvalue weighted by molar-refractivity contribution is 7.16. The molecule has 0 aliphatic carbocycles. The summed E-state index contributed by atoms with van der Waals surface area (Å²) in [5.41, 5.74) is 0.624. The third-order valence-electron chi connectivity index (χ3n) is 5.83. The second kappa shape index (κ2) is 9.80. The molecule has 0 spiro atoms. The maximum Gasteiger partial charge on any atom is 0.283 e. The van der Waals surface area contributed by atoms with E-state index in [0.29, 0.717) is 40.3 Å². The van der Waals surface area contributed by atoms with Crippen molar-refractivity contribution in [2.24, 2.45) is 5.41 Å². The molecule has 0 bridgehead atoms. The Hall–Kier alpha value is -2.84. The fraction of sp³-hybridized carbons (Fsp3) is 0.400. The van der Waals surface area contributed by atoms with Crippen molar-refractivity contribution in [3.8, 4) is 5.75 Å². The van der Waals surface area contributed by atoms with Gasteiger partial charge in [0, 0.05) is 22.9 Å². The summed E-state index contributed by atoms with van der Waals surface area (Å²) in [6.45, 7) is 6.95. The summed E-state index contributed by atoms with van der Waals surface area (Å²) >= 11 is 7.56. The van der Waals surface area contributed by atoms with Crippen molar-refractivity contribution in [3.63, 3.8) is 0 Å². The Morgan fingerprint density at radius 1 is 1.24 bits per heavy atom. The van der Waals surface area contributed by atoms with Gasteiger partial charge < -0.3 is 15.0 Å². The molecule has 2 aromatic heterocycles. The lowest BCUT2D eigenvalue weighted by atomic mass is 9.94. The Balaban J connectivity index is 1.70. The number of ether oxygens (including phenoxy) is 1. The molecule has 7 nitrogen and oxygen atoms in total. The molecule has 1 amide bonds. The number of thiophene rings is 1. The van der Waals surface area contributed by atoms with Gasteiger partial charge in [0.1, 0.15) is 11.6 Å². The SMILES string of the molecule is COc1ccccc1C(=O)n1nc(C2CCCN2C(=O)C(C)(C)C)cc1NCc1ccc(Cl)s1. The zero-order chi connectivity index (χ0) is 24.5. The number of anilines is 1. The van der Waals surface area contributed by atoms with Crippen molar-refractivity contribution in [2.75, 3.05) is 19.0 Å². The number of benzene rings is 1. The van der Waals surface area contributed by atoms with E-state index in [1.54, 1.807) is 18.2 Å². The first-order valence-corrected chi connectivity index (χ1v) is 12.5. The van der Waals surface area contributed by atoms with Gasteiger partial charge in [-0.1, -0.05) is 44.5 Å². The van der Waals surface area contributed by atoms with E-state index in [-0.39, 0.29) is 17.9 Å². The third kappa shape index (κ3) is 4.98. The average molecular weight is 501 g/mol. The number of nitrogens with zero attached hydrogens (tertiary/aromatic N) is 3. The van der Waals surface area contributed by atoms with Crippen molar-refractivity contribution in [1.29, 1.82) is 0 Å². The van der Waals surface area contributed by atoms with E-state index in [0.717, 1.165) is 17.7 Å². The van der Waals surface area contributed by atoms with E-state index in [4.69, 9.17) is 21.4 Å². The van der Waals surface area contributed by atoms with Crippen molar-refractivity contribution in [1.82, 2.24) is 14.7 Å². The molecular formula is C25H29ClN4O3S. The average Bonchev–Trinajstić information content (AvgIpc) is 3.55. The van der Waals surface area contributed by atoms with Crippen LogP contribution in [0.3, 0.4) is 0 Å². The Morgan fingerprint density at radius 3 is 2.68 bits per heavy atom. The predicted octanol–water partition coefficient (Wildman–Crippen LogP) is 5.62. The van der Waals surface area contributed by atoms with Crippen LogP contribution in [0.2, 0.25) is 4.34 Å². The minimum atomic E-state index is -0.488. The number of carbonyl (C=O) groups excluding carboxylic acids is 2. The number of methoxy groups -OCH3 is 1. The number of rotatable bonds is 6. The lowest BCUT2D eigenvalue weighted by Gasteiger charge is -2.30. The van der Waals surface area contributed by atoms with Crippen molar-refractivity contribution in [3.05, 3.63) is 62.9 Å². The molecule has 34 heavy (non-hydrogen) atoms. The molecule has 1 N–H and O–H groups in total. The van der Waals surface area contributed by atoms with E-state index in [1.807, 2.05) is 49.9 Å². The Kier molecular flexibility index (Phi) is 7.00. The first kappa shape index (κ1) is 24.3. The first-order chi connectivity index (χ1) is 16.2. The zero-order valence-electron chi connectivity index (χ0n) is 19.8. The molecule has 1 aliphatic heterocycles. The smallest absolute Gasteiger partial charge is 0.283 e. The highest BCUT2D eigenvalue weighted by atomic mass is 35.5. The largest absolute Gasteiger partial charge is 0.496 e. The van der Waals surface area contributed by atoms with E-state index < -0.39 is 5.41 Å². The minimum absolute atomic E-state index is 0.0864. The number of aromatic nitrogens is 2. The monoisotopic (exact) mass is 500 g/mol. The fourth-order valence-corrected chi connectivity index (χ4v) is 5.18. The van der Waals surface area contributed by atoms with Crippen LogP contribution in [0.25, 0.3) is 0 Å². The molecule has 1 aromatic carbocycles. The summed E-state index contributed by atoms with van der Waals surface area (Å²) in [5.74, 6) is 0.821. The molecular weight excluding hydrogens is 472 g/mol. The molecule has 3 aromatic rings. The van der Waals surface area contributed by atoms with Crippen molar-refractivity contribution in [2.45, 2.75) is 46.2 Å². The van der Waals surface area contributed by atoms with Gasteiger partial charge >= 0.3 is 0 Å². The predicted molar refractivity (Wildman–Crippen MR) is 135 cm³/mol. The number of amides is 1. The van der Waals surface area contributed by atoms with E-state index in [1.165, 1.54) is 23.1 Å². The molecule has 1 aliphatic rings. The molecule has 1 saturated heterocycles. The molecule has 1 atom stereocenters. The van der Waals surface area contributed by atoms with Crippen LogP contribution in [0.1, 0.15) is 60.6 Å². The van der Waals surface area contributed by atoms with Crippen LogP contribution in [0.4, 0.5) is 5.82 Å².